The number of hydrogen-bond donors (Lipinski definition) is 0. The number of benzene rings is 1. The van der Waals surface area contributed by atoms with Gasteiger partial charge in [0.05, 0.1) is 5.75 Å². The first-order valence-corrected chi connectivity index (χ1v) is 9.00. The molecule has 0 saturated carbocycles. The second kappa shape index (κ2) is 7.28. The number of nitrogens with zero attached hydrogens (tertiary/aromatic N) is 3. The molecule has 1 fully saturated rings. The summed E-state index contributed by atoms with van der Waals surface area (Å²) in [7, 11) is 0. The van der Waals surface area contributed by atoms with Crippen molar-refractivity contribution in [2.24, 2.45) is 0 Å². The normalized spacial score (nSPS) is 15.0. The molecule has 1 aliphatic heterocycles. The molecule has 0 aliphatic carbocycles. The molecule has 0 unspecified atom stereocenters. The number of hydrogen-bond acceptors (Lipinski definition) is 5. The van der Waals surface area contributed by atoms with Gasteiger partial charge in [0.1, 0.15) is 0 Å². The average molecular weight is 382 g/mol. The van der Waals surface area contributed by atoms with Crippen molar-refractivity contribution in [2.45, 2.75) is 24.5 Å². The Hall–Kier alpha value is -1.34. The summed E-state index contributed by atoms with van der Waals surface area (Å²) in [4.78, 5) is 14.0. The van der Waals surface area contributed by atoms with E-state index >= 15 is 0 Å². The molecule has 3 rings (SSSR count). The smallest absolute Gasteiger partial charge is 0.277 e. The molecule has 1 aliphatic rings. The van der Waals surface area contributed by atoms with Crippen LogP contribution in [0.2, 0.25) is 0 Å². The molecule has 0 bridgehead atoms. The van der Waals surface area contributed by atoms with Crippen LogP contribution in [0.15, 0.2) is 38.4 Å². The van der Waals surface area contributed by atoms with E-state index in [-0.39, 0.29) is 5.91 Å². The summed E-state index contributed by atoms with van der Waals surface area (Å²) in [6, 6.07) is 7.66. The van der Waals surface area contributed by atoms with Crippen molar-refractivity contribution < 1.29 is 9.21 Å². The van der Waals surface area contributed by atoms with Crippen molar-refractivity contribution in [3.8, 4) is 11.5 Å². The maximum absolute atomic E-state index is 12.1. The van der Waals surface area contributed by atoms with Gasteiger partial charge in [0.15, 0.2) is 0 Å². The highest BCUT2D eigenvalue weighted by molar-refractivity contribution is 9.10. The third kappa shape index (κ3) is 3.89. The van der Waals surface area contributed by atoms with Gasteiger partial charge in [-0.3, -0.25) is 4.79 Å². The lowest BCUT2D eigenvalue weighted by molar-refractivity contribution is -0.129. The molecule has 2 aromatic rings. The van der Waals surface area contributed by atoms with Crippen molar-refractivity contribution in [1.29, 1.82) is 0 Å². The van der Waals surface area contributed by atoms with Crippen LogP contribution in [-0.2, 0) is 4.79 Å². The molecule has 0 N–H and O–H groups in total. The maximum atomic E-state index is 12.1. The van der Waals surface area contributed by atoms with E-state index in [0.717, 1.165) is 36.0 Å². The maximum Gasteiger partial charge on any atom is 0.277 e. The SMILES string of the molecule is O=C(CSc1nnc(-c2ccc(Br)cc2)o1)N1CCCCC1. The largest absolute Gasteiger partial charge is 0.411 e. The van der Waals surface area contributed by atoms with E-state index in [4.69, 9.17) is 4.42 Å². The highest BCUT2D eigenvalue weighted by Gasteiger charge is 2.18. The highest BCUT2D eigenvalue weighted by Crippen LogP contribution is 2.24. The third-order valence-electron chi connectivity index (χ3n) is 3.53. The first-order valence-electron chi connectivity index (χ1n) is 7.22. The monoisotopic (exact) mass is 381 g/mol. The summed E-state index contributed by atoms with van der Waals surface area (Å²) in [5.74, 6) is 0.968. The molecule has 7 heteroatoms. The first-order chi connectivity index (χ1) is 10.7. The number of amides is 1. The van der Waals surface area contributed by atoms with Gasteiger partial charge in [-0.15, -0.1) is 10.2 Å². The van der Waals surface area contributed by atoms with Gasteiger partial charge >= 0.3 is 0 Å². The van der Waals surface area contributed by atoms with Gasteiger partial charge in [-0.05, 0) is 43.5 Å². The Kier molecular flexibility index (Phi) is 5.15. The molecule has 116 valence electrons. The summed E-state index contributed by atoms with van der Waals surface area (Å²) >= 11 is 4.69. The molecule has 0 atom stereocenters. The van der Waals surface area contributed by atoms with Crippen LogP contribution in [0.4, 0.5) is 0 Å². The number of rotatable bonds is 4. The summed E-state index contributed by atoms with van der Waals surface area (Å²) < 4.78 is 6.60. The van der Waals surface area contributed by atoms with Crippen LogP contribution in [0, 0.1) is 0 Å². The van der Waals surface area contributed by atoms with Gasteiger partial charge < -0.3 is 9.32 Å². The lowest BCUT2D eigenvalue weighted by Gasteiger charge is -2.26. The van der Waals surface area contributed by atoms with E-state index in [1.807, 2.05) is 29.2 Å². The molecule has 1 amide bonds. The van der Waals surface area contributed by atoms with Crippen molar-refractivity contribution >= 4 is 33.6 Å². The Bertz CT molecular complexity index is 638. The third-order valence-corrected chi connectivity index (χ3v) is 4.86. The van der Waals surface area contributed by atoms with Crippen LogP contribution in [0.5, 0.6) is 0 Å². The zero-order valence-electron chi connectivity index (χ0n) is 12.0. The predicted molar refractivity (Wildman–Crippen MR) is 88.6 cm³/mol. The van der Waals surface area contributed by atoms with E-state index in [2.05, 4.69) is 26.1 Å². The summed E-state index contributed by atoms with van der Waals surface area (Å²) in [5, 5.41) is 8.46. The molecule has 1 aromatic carbocycles. The van der Waals surface area contributed by atoms with Crippen LogP contribution in [0.25, 0.3) is 11.5 Å². The molecule has 22 heavy (non-hydrogen) atoms. The van der Waals surface area contributed by atoms with Gasteiger partial charge in [0, 0.05) is 23.1 Å². The van der Waals surface area contributed by atoms with E-state index in [1.54, 1.807) is 0 Å². The Morgan fingerprint density at radius 3 is 2.64 bits per heavy atom. The molecular weight excluding hydrogens is 366 g/mol. The molecule has 0 spiro atoms. The number of carbonyl (C=O) groups is 1. The van der Waals surface area contributed by atoms with Crippen molar-refractivity contribution in [3.63, 3.8) is 0 Å². The van der Waals surface area contributed by atoms with E-state index in [9.17, 15) is 4.79 Å². The van der Waals surface area contributed by atoms with Gasteiger partial charge in [0.2, 0.25) is 11.8 Å². The standard InChI is InChI=1S/C15H16BrN3O2S/c16-12-6-4-11(5-7-12)14-17-18-15(21-14)22-10-13(20)19-8-2-1-3-9-19/h4-7H,1-3,8-10H2. The van der Waals surface area contributed by atoms with Crippen LogP contribution in [-0.4, -0.2) is 39.8 Å². The summed E-state index contributed by atoms with van der Waals surface area (Å²) in [5.41, 5.74) is 0.866. The Morgan fingerprint density at radius 2 is 1.91 bits per heavy atom. The molecular formula is C15H16BrN3O2S. The van der Waals surface area contributed by atoms with E-state index in [0.29, 0.717) is 16.9 Å². The van der Waals surface area contributed by atoms with E-state index in [1.165, 1.54) is 18.2 Å². The minimum Gasteiger partial charge on any atom is -0.411 e. The van der Waals surface area contributed by atoms with Crippen LogP contribution < -0.4 is 0 Å². The highest BCUT2D eigenvalue weighted by atomic mass is 79.9. The van der Waals surface area contributed by atoms with Gasteiger partial charge in [-0.1, -0.05) is 27.7 Å². The predicted octanol–water partition coefficient (Wildman–Crippen LogP) is 3.60. The van der Waals surface area contributed by atoms with Crippen molar-refractivity contribution in [3.05, 3.63) is 28.7 Å². The fraction of sp³-hybridized carbons (Fsp3) is 0.400. The lowest BCUT2D eigenvalue weighted by atomic mass is 10.1. The minimum atomic E-state index is 0.146. The van der Waals surface area contributed by atoms with Crippen LogP contribution in [0.3, 0.4) is 0 Å². The van der Waals surface area contributed by atoms with Gasteiger partial charge in [-0.2, -0.15) is 0 Å². The first kappa shape index (κ1) is 15.6. The molecule has 1 saturated heterocycles. The quantitative estimate of drug-likeness (QED) is 0.757. The molecule has 2 heterocycles. The average Bonchev–Trinajstić information content (AvgIpc) is 3.03. The van der Waals surface area contributed by atoms with Crippen LogP contribution >= 0.6 is 27.7 Å². The molecule has 1 aromatic heterocycles. The zero-order chi connectivity index (χ0) is 15.4. The zero-order valence-corrected chi connectivity index (χ0v) is 14.4. The van der Waals surface area contributed by atoms with Gasteiger partial charge in [-0.25, -0.2) is 0 Å². The second-order valence-electron chi connectivity index (χ2n) is 5.11. The number of likely N-dealkylation sites (tertiary alicyclic amines) is 1. The Morgan fingerprint density at radius 1 is 1.18 bits per heavy atom. The van der Waals surface area contributed by atoms with Crippen molar-refractivity contribution in [2.75, 3.05) is 18.8 Å². The number of piperidine rings is 1. The number of carbonyl (C=O) groups excluding carboxylic acids is 1. The topological polar surface area (TPSA) is 59.2 Å². The fourth-order valence-electron chi connectivity index (χ4n) is 2.34. The number of aromatic nitrogens is 2. The Balaban J connectivity index is 1.57. The number of thioether (sulfide) groups is 1. The van der Waals surface area contributed by atoms with Gasteiger partial charge in [0.25, 0.3) is 5.22 Å². The van der Waals surface area contributed by atoms with E-state index < -0.39 is 0 Å². The second-order valence-corrected chi connectivity index (χ2v) is 6.95. The Labute approximate surface area is 141 Å². The van der Waals surface area contributed by atoms with Crippen molar-refractivity contribution in [1.82, 2.24) is 15.1 Å². The van der Waals surface area contributed by atoms with Crippen LogP contribution in [0.1, 0.15) is 19.3 Å². The fourth-order valence-corrected chi connectivity index (χ4v) is 3.27. The summed E-state index contributed by atoms with van der Waals surface area (Å²) in [6.07, 6.45) is 3.42. The number of halogens is 1. The minimum absolute atomic E-state index is 0.146. The summed E-state index contributed by atoms with van der Waals surface area (Å²) in [6.45, 7) is 1.74. The molecule has 0 radical (unpaired) electrons. The lowest BCUT2D eigenvalue weighted by Crippen LogP contribution is -2.36. The molecule has 5 nitrogen and oxygen atoms in total.